The van der Waals surface area contributed by atoms with Crippen LogP contribution in [0.4, 0.5) is 0 Å². The van der Waals surface area contributed by atoms with E-state index in [1.807, 2.05) is 0 Å². The third kappa shape index (κ3) is 7.21. The molecule has 0 atom stereocenters. The van der Waals surface area contributed by atoms with Gasteiger partial charge in [-0.1, -0.05) is 76.6 Å². The highest BCUT2D eigenvalue weighted by Crippen LogP contribution is 2.43. The summed E-state index contributed by atoms with van der Waals surface area (Å²) in [5, 5.41) is 11.6. The van der Waals surface area contributed by atoms with Crippen LogP contribution in [0, 0.1) is 10.7 Å². The fourth-order valence-electron chi connectivity index (χ4n) is 6.01. The van der Waals surface area contributed by atoms with E-state index in [1.165, 1.54) is 47.5 Å². The number of hydrogen-bond acceptors (Lipinski definition) is 8. The van der Waals surface area contributed by atoms with E-state index in [9.17, 15) is 5.11 Å². The highest BCUT2D eigenvalue weighted by molar-refractivity contribution is 7.80. The van der Waals surface area contributed by atoms with Crippen LogP contribution in [-0.2, 0) is 13.1 Å². The molecule has 0 bridgehead atoms. The molecule has 216 valence electrons. The molecule has 0 amide bonds. The zero-order valence-corrected chi connectivity index (χ0v) is 26.8. The summed E-state index contributed by atoms with van der Waals surface area (Å²) in [6, 6.07) is 13.2. The van der Waals surface area contributed by atoms with Gasteiger partial charge in [-0.2, -0.15) is 0 Å². The third-order valence-corrected chi connectivity index (χ3v) is 11.4. The average Bonchev–Trinajstić information content (AvgIpc) is 3.35. The first-order valence-electron chi connectivity index (χ1n) is 14.9. The van der Waals surface area contributed by atoms with Gasteiger partial charge in [0, 0.05) is 82.1 Å². The lowest BCUT2D eigenvalue weighted by Gasteiger charge is -2.35. The Morgan fingerprint density at radius 1 is 0.700 bits per heavy atom. The smallest absolute Gasteiger partial charge is 0.124 e. The molecule has 1 aromatic heterocycles. The van der Waals surface area contributed by atoms with Crippen LogP contribution in [0.15, 0.2) is 36.4 Å². The summed E-state index contributed by atoms with van der Waals surface area (Å²) in [6.45, 7) is 19.2. The second-order valence-corrected chi connectivity index (χ2v) is 14.2. The normalized spacial score (nSPS) is 18.0. The number of benzene rings is 2. The predicted octanol–water partition coefficient (Wildman–Crippen LogP) is 6.94. The van der Waals surface area contributed by atoms with Crippen molar-refractivity contribution in [1.29, 1.82) is 0 Å². The Morgan fingerprint density at radius 2 is 1.18 bits per heavy atom. The lowest BCUT2D eigenvalue weighted by Crippen LogP contribution is -2.46. The number of piperazine rings is 2. The largest absolute Gasteiger partial charge is 0.507 e. The van der Waals surface area contributed by atoms with Crippen molar-refractivity contribution >= 4 is 32.9 Å². The van der Waals surface area contributed by atoms with E-state index in [0.717, 1.165) is 86.0 Å². The second-order valence-electron chi connectivity index (χ2n) is 11.4. The maximum Gasteiger partial charge on any atom is 0.124 e. The fourth-order valence-corrected chi connectivity index (χ4v) is 8.91. The van der Waals surface area contributed by atoms with Crippen LogP contribution in [0.3, 0.4) is 0 Å². The molecule has 0 aliphatic carbocycles. The first-order chi connectivity index (χ1) is 19.4. The van der Waals surface area contributed by atoms with E-state index >= 15 is 0 Å². The molecule has 2 aliphatic rings. The van der Waals surface area contributed by atoms with Crippen LogP contribution in [0.1, 0.15) is 43.4 Å². The summed E-state index contributed by atoms with van der Waals surface area (Å²) < 4.78 is 0.944. The molecule has 40 heavy (non-hydrogen) atoms. The van der Waals surface area contributed by atoms with Gasteiger partial charge in [-0.05, 0) is 56.1 Å². The summed E-state index contributed by atoms with van der Waals surface area (Å²) in [6.07, 6.45) is 2.41. The van der Waals surface area contributed by atoms with Crippen molar-refractivity contribution in [3.8, 4) is 27.3 Å². The summed E-state index contributed by atoms with van der Waals surface area (Å²) in [7, 11) is 3.45. The number of nitrogens with zero attached hydrogens (tertiary/aromatic N) is 4. The Morgan fingerprint density at radius 3 is 1.65 bits per heavy atom. The van der Waals surface area contributed by atoms with E-state index in [2.05, 4.69) is 76.8 Å². The van der Waals surface area contributed by atoms with Gasteiger partial charge in [0.15, 0.2) is 0 Å². The molecule has 2 saturated heterocycles. The molecular formula is C32H44N4OS3. The van der Waals surface area contributed by atoms with Gasteiger partial charge in [0.25, 0.3) is 0 Å². The number of aryl methyl sites for hydroxylation is 1. The van der Waals surface area contributed by atoms with Crippen molar-refractivity contribution in [2.45, 2.75) is 46.7 Å². The lowest BCUT2D eigenvalue weighted by atomic mass is 9.97. The van der Waals surface area contributed by atoms with Crippen molar-refractivity contribution in [3.05, 3.63) is 56.9 Å². The Hall–Kier alpha value is -1.65. The number of hydrogen-bond donors (Lipinski definition) is 1. The van der Waals surface area contributed by atoms with Gasteiger partial charge in [-0.3, -0.25) is 9.80 Å². The summed E-state index contributed by atoms with van der Waals surface area (Å²) >= 11 is 5.86. The number of rotatable bonds is 10. The standard InChI is InChI=1S/C32H44N4OS3/c1-4-10-33-12-16-35(17-13-33)22-27-20-26(31-29(32(38)40-39-31)25-8-6-24(3)7-9-25)21-28(30(27)37)23-36-18-14-34(11-5-2)15-19-36/h6-9,20-21,37H,4-5,10-19,22-23H2,1-3H3. The molecule has 3 aromatic rings. The molecule has 0 radical (unpaired) electrons. The number of aromatic hydroxyl groups is 1. The maximum atomic E-state index is 11.6. The van der Waals surface area contributed by atoms with E-state index in [-0.39, 0.29) is 0 Å². The van der Waals surface area contributed by atoms with Gasteiger partial charge >= 0.3 is 0 Å². The fraction of sp³-hybridized carbons (Fsp3) is 0.531. The zero-order chi connectivity index (χ0) is 28.1. The predicted molar refractivity (Wildman–Crippen MR) is 174 cm³/mol. The number of phenolic OH excluding ortho intramolecular Hbond substituents is 1. The lowest BCUT2D eigenvalue weighted by molar-refractivity contribution is 0.124. The SMILES string of the molecule is CCCN1CCN(Cc2cc(-c3ssc(=S)c3-c3ccc(C)cc3)cc(CN3CCN(CCC)CC3)c2O)CC1. The zero-order valence-electron chi connectivity index (χ0n) is 24.3. The Labute approximate surface area is 253 Å². The topological polar surface area (TPSA) is 33.2 Å². The molecule has 1 N–H and O–H groups in total. The Balaban J connectivity index is 1.46. The quantitative estimate of drug-likeness (QED) is 0.202. The highest BCUT2D eigenvalue weighted by atomic mass is 32.9. The minimum Gasteiger partial charge on any atom is -0.507 e. The molecule has 5 rings (SSSR count). The van der Waals surface area contributed by atoms with Crippen LogP contribution in [0.2, 0.25) is 0 Å². The molecular weight excluding hydrogens is 553 g/mol. The van der Waals surface area contributed by atoms with Crippen LogP contribution >= 0.6 is 32.9 Å². The molecule has 0 saturated carbocycles. The summed E-state index contributed by atoms with van der Waals surface area (Å²) in [5.74, 6) is 0.478. The third-order valence-electron chi connectivity index (χ3n) is 8.30. The van der Waals surface area contributed by atoms with Gasteiger partial charge in [0.2, 0.25) is 0 Å². The summed E-state index contributed by atoms with van der Waals surface area (Å²) in [4.78, 5) is 11.4. The Kier molecular flexibility index (Phi) is 10.4. The monoisotopic (exact) mass is 596 g/mol. The minimum atomic E-state index is 0.478. The van der Waals surface area contributed by atoms with E-state index in [1.54, 1.807) is 20.7 Å². The van der Waals surface area contributed by atoms with Crippen LogP contribution < -0.4 is 0 Å². The maximum absolute atomic E-state index is 11.6. The molecule has 0 spiro atoms. The minimum absolute atomic E-state index is 0.478. The van der Waals surface area contributed by atoms with Crippen molar-refractivity contribution < 1.29 is 5.11 Å². The van der Waals surface area contributed by atoms with E-state index in [0.29, 0.717) is 5.75 Å². The molecule has 0 unspecified atom stereocenters. The molecule has 8 heteroatoms. The van der Waals surface area contributed by atoms with E-state index < -0.39 is 0 Å². The van der Waals surface area contributed by atoms with Gasteiger partial charge in [-0.15, -0.1) is 0 Å². The molecule has 2 aliphatic heterocycles. The second kappa shape index (κ2) is 14.0. The van der Waals surface area contributed by atoms with E-state index in [4.69, 9.17) is 12.2 Å². The first kappa shape index (κ1) is 29.8. The van der Waals surface area contributed by atoms with Crippen LogP contribution in [-0.4, -0.2) is 90.2 Å². The van der Waals surface area contributed by atoms with Gasteiger partial charge in [0.05, 0.1) is 4.88 Å². The highest BCUT2D eigenvalue weighted by Gasteiger charge is 2.23. The van der Waals surface area contributed by atoms with Gasteiger partial charge in [-0.25, -0.2) is 0 Å². The molecule has 3 heterocycles. The van der Waals surface area contributed by atoms with Crippen molar-refractivity contribution in [2.75, 3.05) is 65.4 Å². The van der Waals surface area contributed by atoms with Crippen molar-refractivity contribution in [2.24, 2.45) is 0 Å². The summed E-state index contributed by atoms with van der Waals surface area (Å²) in [5.41, 5.74) is 6.86. The molecule has 2 fully saturated rings. The average molecular weight is 597 g/mol. The van der Waals surface area contributed by atoms with Gasteiger partial charge in [0.1, 0.15) is 9.57 Å². The van der Waals surface area contributed by atoms with Crippen molar-refractivity contribution in [3.63, 3.8) is 0 Å². The molecule has 2 aromatic carbocycles. The molecule has 5 nitrogen and oxygen atoms in total. The first-order valence-corrected chi connectivity index (χ1v) is 17.5. The van der Waals surface area contributed by atoms with Crippen LogP contribution in [0.5, 0.6) is 5.75 Å². The van der Waals surface area contributed by atoms with Crippen LogP contribution in [0.25, 0.3) is 21.6 Å². The van der Waals surface area contributed by atoms with Gasteiger partial charge < -0.3 is 14.9 Å². The number of phenols is 1. The van der Waals surface area contributed by atoms with Crippen molar-refractivity contribution in [1.82, 2.24) is 19.6 Å². The Bertz CT molecular complexity index is 1250.